The summed E-state index contributed by atoms with van der Waals surface area (Å²) in [6.07, 6.45) is 0.708. The van der Waals surface area contributed by atoms with Gasteiger partial charge in [0.15, 0.2) is 0 Å². The number of H-pyrrole nitrogens is 1. The lowest BCUT2D eigenvalue weighted by molar-refractivity contribution is -0.128. The molecule has 78 valence electrons. The molecule has 15 heavy (non-hydrogen) atoms. The first-order chi connectivity index (χ1) is 7.31. The molecular formula is C11H10BrNO2. The summed E-state index contributed by atoms with van der Waals surface area (Å²) in [5.41, 5.74) is 2.15. The van der Waals surface area contributed by atoms with E-state index >= 15 is 0 Å². The van der Waals surface area contributed by atoms with Crippen molar-refractivity contribution in [3.05, 3.63) is 34.4 Å². The van der Waals surface area contributed by atoms with Crippen molar-refractivity contribution < 1.29 is 9.53 Å². The predicted octanol–water partition coefficient (Wildman–Crippen LogP) is 2.65. The first-order valence-corrected chi connectivity index (χ1v) is 5.42. The molecule has 2 rings (SSSR count). The van der Waals surface area contributed by atoms with Gasteiger partial charge in [0.05, 0.1) is 12.1 Å². The van der Waals surface area contributed by atoms with Gasteiger partial charge < -0.3 is 9.72 Å². The number of fused-ring (bicyclic) bond motifs is 1. The topological polar surface area (TPSA) is 42.1 Å². The van der Waals surface area contributed by atoms with Crippen LogP contribution in [-0.4, -0.2) is 18.1 Å². The fraction of sp³-hybridized carbons (Fsp3) is 0.182. The monoisotopic (exact) mass is 267 g/mol. The predicted molar refractivity (Wildman–Crippen MR) is 61.7 cm³/mol. The number of rotatable bonds is 4. The van der Waals surface area contributed by atoms with E-state index in [1.165, 1.54) is 0 Å². The van der Waals surface area contributed by atoms with Crippen LogP contribution >= 0.6 is 15.9 Å². The van der Waals surface area contributed by atoms with Crippen LogP contribution in [0.2, 0.25) is 0 Å². The van der Waals surface area contributed by atoms with E-state index in [0.717, 1.165) is 21.1 Å². The summed E-state index contributed by atoms with van der Waals surface area (Å²) in [6.45, 7) is 0.881. The highest BCUT2D eigenvalue weighted by molar-refractivity contribution is 9.10. The van der Waals surface area contributed by atoms with E-state index in [-0.39, 0.29) is 0 Å². The molecule has 0 fully saturated rings. The third-order valence-corrected chi connectivity index (χ3v) is 2.88. The smallest absolute Gasteiger partial charge is 0.293 e. The van der Waals surface area contributed by atoms with E-state index in [1.54, 1.807) is 0 Å². The Morgan fingerprint density at radius 2 is 2.33 bits per heavy atom. The molecule has 0 bridgehead atoms. The average molecular weight is 268 g/mol. The molecule has 0 aliphatic carbocycles. The first-order valence-electron chi connectivity index (χ1n) is 4.62. The zero-order valence-electron chi connectivity index (χ0n) is 8.00. The van der Waals surface area contributed by atoms with Crippen molar-refractivity contribution >= 4 is 33.3 Å². The highest BCUT2D eigenvalue weighted by Crippen LogP contribution is 2.23. The number of nitrogens with one attached hydrogen (secondary N) is 1. The molecule has 1 heterocycles. The number of carbonyl (C=O) groups excluding carboxylic acids is 1. The molecule has 2 aromatic rings. The van der Waals surface area contributed by atoms with Gasteiger partial charge in [0.2, 0.25) is 0 Å². The van der Waals surface area contributed by atoms with Gasteiger partial charge in [-0.25, -0.2) is 0 Å². The maximum absolute atomic E-state index is 9.98. The minimum absolute atomic E-state index is 0.411. The highest BCUT2D eigenvalue weighted by atomic mass is 79.9. The number of aromatic nitrogens is 1. The van der Waals surface area contributed by atoms with Crippen LogP contribution in [0.1, 0.15) is 5.69 Å². The third-order valence-electron chi connectivity index (χ3n) is 2.22. The summed E-state index contributed by atoms with van der Waals surface area (Å²) in [5.74, 6) is 0. The van der Waals surface area contributed by atoms with Crippen molar-refractivity contribution in [1.82, 2.24) is 4.98 Å². The van der Waals surface area contributed by atoms with Gasteiger partial charge in [-0.2, -0.15) is 0 Å². The average Bonchev–Trinajstić information content (AvgIpc) is 2.63. The highest BCUT2D eigenvalue weighted by Gasteiger charge is 2.03. The largest absolute Gasteiger partial charge is 0.467 e. The molecule has 3 nitrogen and oxygen atoms in total. The minimum atomic E-state index is 0.411. The van der Waals surface area contributed by atoms with Crippen LogP contribution in [-0.2, 0) is 16.0 Å². The van der Waals surface area contributed by atoms with Crippen LogP contribution in [0.25, 0.3) is 10.9 Å². The van der Waals surface area contributed by atoms with Crippen LogP contribution in [0.4, 0.5) is 0 Å². The normalized spacial score (nSPS) is 10.5. The molecule has 0 atom stereocenters. The van der Waals surface area contributed by atoms with Crippen molar-refractivity contribution in [2.45, 2.75) is 6.42 Å². The second-order valence-electron chi connectivity index (χ2n) is 3.22. The van der Waals surface area contributed by atoms with E-state index in [0.29, 0.717) is 19.5 Å². The number of halogens is 1. The molecule has 0 unspecified atom stereocenters. The number of aromatic amines is 1. The molecular weight excluding hydrogens is 258 g/mol. The van der Waals surface area contributed by atoms with Gasteiger partial charge in [-0.1, -0.05) is 12.1 Å². The zero-order chi connectivity index (χ0) is 10.7. The molecule has 0 aliphatic rings. The lowest BCUT2D eigenvalue weighted by atomic mass is 10.2. The van der Waals surface area contributed by atoms with Crippen molar-refractivity contribution in [3.63, 3.8) is 0 Å². The Kier molecular flexibility index (Phi) is 3.06. The van der Waals surface area contributed by atoms with Crippen LogP contribution in [0.15, 0.2) is 28.7 Å². The maximum Gasteiger partial charge on any atom is 0.293 e. The molecule has 1 aromatic carbocycles. The molecule has 0 spiro atoms. The van der Waals surface area contributed by atoms with Crippen LogP contribution in [0.5, 0.6) is 0 Å². The van der Waals surface area contributed by atoms with Gasteiger partial charge >= 0.3 is 0 Å². The number of ether oxygens (including phenoxy) is 1. The van der Waals surface area contributed by atoms with Gasteiger partial charge in [-0.05, 0) is 28.1 Å². The minimum Gasteiger partial charge on any atom is -0.467 e. The second-order valence-corrected chi connectivity index (χ2v) is 4.07. The summed E-state index contributed by atoms with van der Waals surface area (Å²) in [6, 6.07) is 8.09. The quantitative estimate of drug-likeness (QED) is 0.684. The number of para-hydroxylation sites is 1. The molecule has 4 heteroatoms. The fourth-order valence-corrected chi connectivity index (χ4v) is 2.01. The van der Waals surface area contributed by atoms with E-state index in [9.17, 15) is 4.79 Å². The Bertz CT molecular complexity index is 478. The third kappa shape index (κ3) is 2.21. The SMILES string of the molecule is O=COCCc1cc2cccc(Br)c2[nH]1. The number of hydrogen-bond acceptors (Lipinski definition) is 2. The standard InChI is InChI=1S/C11H10BrNO2/c12-10-3-1-2-8-6-9(13-11(8)10)4-5-15-7-14/h1-3,6-7,13H,4-5H2. The number of hydrogen-bond donors (Lipinski definition) is 1. The molecule has 0 aliphatic heterocycles. The number of carbonyl (C=O) groups is 1. The molecule has 0 amide bonds. The Morgan fingerprint density at radius 1 is 1.47 bits per heavy atom. The molecule has 0 radical (unpaired) electrons. The zero-order valence-corrected chi connectivity index (χ0v) is 9.58. The van der Waals surface area contributed by atoms with E-state index in [4.69, 9.17) is 0 Å². The molecule has 1 aromatic heterocycles. The van der Waals surface area contributed by atoms with Crippen LogP contribution in [0, 0.1) is 0 Å². The van der Waals surface area contributed by atoms with Crippen LogP contribution < -0.4 is 0 Å². The first kappa shape index (κ1) is 10.2. The Labute approximate surface area is 95.6 Å². The Morgan fingerprint density at radius 3 is 3.07 bits per heavy atom. The Hall–Kier alpha value is -1.29. The van der Waals surface area contributed by atoms with Crippen molar-refractivity contribution in [2.75, 3.05) is 6.61 Å². The van der Waals surface area contributed by atoms with Gasteiger partial charge in [-0.15, -0.1) is 0 Å². The fourth-order valence-electron chi connectivity index (χ4n) is 1.53. The molecule has 0 saturated carbocycles. The van der Waals surface area contributed by atoms with E-state index in [2.05, 4.69) is 31.7 Å². The molecule has 1 N–H and O–H groups in total. The summed E-state index contributed by atoms with van der Waals surface area (Å²) < 4.78 is 5.70. The van der Waals surface area contributed by atoms with E-state index < -0.39 is 0 Å². The van der Waals surface area contributed by atoms with Gasteiger partial charge in [0.25, 0.3) is 6.47 Å². The second kappa shape index (κ2) is 4.49. The lowest BCUT2D eigenvalue weighted by Crippen LogP contribution is -1.96. The van der Waals surface area contributed by atoms with E-state index in [1.807, 2.05) is 18.2 Å². The summed E-state index contributed by atoms with van der Waals surface area (Å²) in [7, 11) is 0. The Balaban J connectivity index is 2.23. The van der Waals surface area contributed by atoms with Gasteiger partial charge in [0.1, 0.15) is 0 Å². The van der Waals surface area contributed by atoms with Crippen LogP contribution in [0.3, 0.4) is 0 Å². The lowest BCUT2D eigenvalue weighted by Gasteiger charge is -1.95. The maximum atomic E-state index is 9.98. The van der Waals surface area contributed by atoms with Crippen molar-refractivity contribution in [1.29, 1.82) is 0 Å². The summed E-state index contributed by atoms with van der Waals surface area (Å²) in [4.78, 5) is 13.3. The number of benzene rings is 1. The summed E-state index contributed by atoms with van der Waals surface area (Å²) >= 11 is 3.47. The van der Waals surface area contributed by atoms with Crippen molar-refractivity contribution in [2.24, 2.45) is 0 Å². The van der Waals surface area contributed by atoms with Gasteiger partial charge in [-0.3, -0.25) is 4.79 Å². The van der Waals surface area contributed by atoms with Crippen molar-refractivity contribution in [3.8, 4) is 0 Å². The molecule has 0 saturated heterocycles. The summed E-state index contributed by atoms with van der Waals surface area (Å²) in [5, 5.41) is 1.16. The van der Waals surface area contributed by atoms with Gasteiger partial charge in [0, 0.05) is 22.0 Å².